The molecule has 2 bridgehead atoms. The van der Waals surface area contributed by atoms with Crippen molar-refractivity contribution in [2.45, 2.75) is 44.3 Å². The molecule has 1 saturated carbocycles. The minimum absolute atomic E-state index is 0.0516. The Balaban J connectivity index is 1.31. The molecular formula is C22H26F2N6O2. The zero-order chi connectivity index (χ0) is 22.2. The van der Waals surface area contributed by atoms with Crippen LogP contribution in [0.5, 0.6) is 0 Å². The maximum absolute atomic E-state index is 13.7. The van der Waals surface area contributed by atoms with Crippen LogP contribution < -0.4 is 5.56 Å². The topological polar surface area (TPSA) is 76.3 Å². The van der Waals surface area contributed by atoms with Crippen molar-refractivity contribution < 1.29 is 13.6 Å². The van der Waals surface area contributed by atoms with E-state index in [-0.39, 0.29) is 36.4 Å². The summed E-state index contributed by atoms with van der Waals surface area (Å²) in [5.74, 6) is -3.31. The number of halogens is 2. The summed E-state index contributed by atoms with van der Waals surface area (Å²) >= 11 is 0. The Kier molecular flexibility index (Phi) is 4.34. The number of carbonyl (C=O) groups excluding carboxylic acids is 1. The molecule has 0 spiro atoms. The highest BCUT2D eigenvalue weighted by Crippen LogP contribution is 2.59. The van der Waals surface area contributed by atoms with Crippen LogP contribution in [0.4, 0.5) is 8.78 Å². The van der Waals surface area contributed by atoms with Crippen molar-refractivity contribution in [1.82, 2.24) is 29.1 Å². The second-order valence-electron chi connectivity index (χ2n) is 9.65. The molecule has 0 aromatic carbocycles. The number of aryl methyl sites for hydroxylation is 1. The molecule has 2 unspecified atom stereocenters. The Hall–Kier alpha value is -2.62. The van der Waals surface area contributed by atoms with Gasteiger partial charge in [-0.1, -0.05) is 6.07 Å². The Morgan fingerprint density at radius 2 is 1.97 bits per heavy atom. The number of hydrogen-bond acceptors (Lipinski definition) is 5. The average molecular weight is 444 g/mol. The van der Waals surface area contributed by atoms with E-state index in [0.29, 0.717) is 13.1 Å². The number of piperidine rings is 2. The molecule has 0 radical (unpaired) electrons. The second-order valence-corrected chi connectivity index (χ2v) is 9.65. The molecule has 2 aromatic rings. The minimum Gasteiger partial charge on any atom is -0.340 e. The molecule has 2 aromatic heterocycles. The largest absolute Gasteiger partial charge is 0.340 e. The van der Waals surface area contributed by atoms with Crippen molar-refractivity contribution in [2.24, 2.45) is 17.8 Å². The van der Waals surface area contributed by atoms with Gasteiger partial charge in [0.2, 0.25) is 5.91 Å². The van der Waals surface area contributed by atoms with Crippen LogP contribution >= 0.6 is 0 Å². The van der Waals surface area contributed by atoms with E-state index in [0.717, 1.165) is 31.0 Å². The molecule has 6 rings (SSSR count). The second kappa shape index (κ2) is 6.94. The SMILES string of the molecule is CCn1cnnc1CN1C[C@H]2C[C@@H](C1)[C@H](C(=O)N1CC3C(C1)C3(F)F)n1c2cccc1=O. The molecule has 1 amide bonds. The third-order valence-corrected chi connectivity index (χ3v) is 7.89. The Morgan fingerprint density at radius 3 is 2.72 bits per heavy atom. The summed E-state index contributed by atoms with van der Waals surface area (Å²) in [7, 11) is 0. The molecule has 5 atom stereocenters. The zero-order valence-corrected chi connectivity index (χ0v) is 17.9. The van der Waals surface area contributed by atoms with Crippen LogP contribution in [0, 0.1) is 17.8 Å². The molecule has 0 N–H and O–H groups in total. The fraction of sp³-hybridized carbons (Fsp3) is 0.636. The third-order valence-electron chi connectivity index (χ3n) is 7.89. The molecule has 3 aliphatic heterocycles. The van der Waals surface area contributed by atoms with Crippen LogP contribution in [0.3, 0.4) is 0 Å². The van der Waals surface area contributed by atoms with Gasteiger partial charge in [-0.2, -0.15) is 0 Å². The van der Waals surface area contributed by atoms with Crippen LogP contribution in [-0.4, -0.2) is 67.1 Å². The fourth-order valence-electron chi connectivity index (χ4n) is 6.22. The summed E-state index contributed by atoms with van der Waals surface area (Å²) in [6, 6.07) is 4.51. The number of amides is 1. The lowest BCUT2D eigenvalue weighted by Crippen LogP contribution is -2.54. The highest BCUT2D eigenvalue weighted by molar-refractivity contribution is 5.82. The normalized spacial score (nSPS) is 32.5. The molecular weight excluding hydrogens is 418 g/mol. The number of fused-ring (bicyclic) bond motifs is 5. The van der Waals surface area contributed by atoms with Crippen LogP contribution in [-0.2, 0) is 17.9 Å². The van der Waals surface area contributed by atoms with Gasteiger partial charge in [0.25, 0.3) is 11.5 Å². The van der Waals surface area contributed by atoms with Gasteiger partial charge in [0.1, 0.15) is 18.2 Å². The molecule has 170 valence electrons. The van der Waals surface area contributed by atoms with Crippen molar-refractivity contribution in [3.63, 3.8) is 0 Å². The average Bonchev–Trinajstić information content (AvgIpc) is 3.21. The smallest absolute Gasteiger partial charge is 0.258 e. The maximum Gasteiger partial charge on any atom is 0.258 e. The third kappa shape index (κ3) is 2.88. The van der Waals surface area contributed by atoms with Gasteiger partial charge in [0, 0.05) is 56.3 Å². The first-order valence-electron chi connectivity index (χ1n) is 11.4. The first-order chi connectivity index (χ1) is 15.4. The molecule has 3 fully saturated rings. The monoisotopic (exact) mass is 444 g/mol. The van der Waals surface area contributed by atoms with Crippen molar-refractivity contribution in [3.8, 4) is 0 Å². The summed E-state index contributed by atoms with van der Waals surface area (Å²) in [6.45, 7) is 5.05. The number of nitrogens with zero attached hydrogens (tertiary/aromatic N) is 6. The van der Waals surface area contributed by atoms with Gasteiger partial charge in [0.05, 0.1) is 18.4 Å². The van der Waals surface area contributed by atoms with Gasteiger partial charge in [-0.05, 0) is 19.4 Å². The van der Waals surface area contributed by atoms with Crippen molar-refractivity contribution >= 4 is 5.91 Å². The van der Waals surface area contributed by atoms with Gasteiger partial charge in [-0.15, -0.1) is 10.2 Å². The standard InChI is InChI=1S/C22H26F2N6O2/c1-2-28-12-25-26-18(28)11-27-7-13-6-14(8-27)20(30-17(13)4-3-5-19(30)31)21(32)29-9-15-16(10-29)22(15,23)24/h3-5,12-16,20H,2,6-11H2,1H3/t13-,14+,15?,16?,20-/m1/s1. The van der Waals surface area contributed by atoms with Gasteiger partial charge in [-0.25, -0.2) is 8.78 Å². The molecule has 2 saturated heterocycles. The van der Waals surface area contributed by atoms with Crippen molar-refractivity contribution in [3.05, 3.63) is 46.4 Å². The zero-order valence-electron chi connectivity index (χ0n) is 17.9. The molecule has 5 heterocycles. The number of pyridine rings is 1. The number of rotatable bonds is 4. The van der Waals surface area contributed by atoms with Crippen molar-refractivity contribution in [1.29, 1.82) is 0 Å². The predicted molar refractivity (Wildman–Crippen MR) is 110 cm³/mol. The summed E-state index contributed by atoms with van der Waals surface area (Å²) in [6.07, 6.45) is 2.53. The molecule has 1 aliphatic carbocycles. The lowest BCUT2D eigenvalue weighted by atomic mass is 9.78. The van der Waals surface area contributed by atoms with Crippen LogP contribution in [0.15, 0.2) is 29.3 Å². The van der Waals surface area contributed by atoms with E-state index in [1.807, 2.05) is 17.6 Å². The lowest BCUT2D eigenvalue weighted by Gasteiger charge is -2.47. The first-order valence-corrected chi connectivity index (χ1v) is 11.4. The highest BCUT2D eigenvalue weighted by atomic mass is 19.3. The van der Waals surface area contributed by atoms with E-state index < -0.39 is 23.8 Å². The van der Waals surface area contributed by atoms with Crippen molar-refractivity contribution in [2.75, 3.05) is 26.2 Å². The number of likely N-dealkylation sites (tertiary alicyclic amines) is 2. The van der Waals surface area contributed by atoms with Gasteiger partial charge >= 0.3 is 0 Å². The van der Waals surface area contributed by atoms with E-state index in [4.69, 9.17) is 0 Å². The van der Waals surface area contributed by atoms with E-state index in [1.165, 1.54) is 6.07 Å². The number of carbonyl (C=O) groups is 1. The predicted octanol–water partition coefficient (Wildman–Crippen LogP) is 1.34. The van der Waals surface area contributed by atoms with Gasteiger partial charge < -0.3 is 9.47 Å². The van der Waals surface area contributed by atoms with Crippen LogP contribution in [0.25, 0.3) is 0 Å². The van der Waals surface area contributed by atoms with E-state index in [1.54, 1.807) is 21.9 Å². The number of hydrogen-bond donors (Lipinski definition) is 0. The molecule has 4 aliphatic rings. The summed E-state index contributed by atoms with van der Waals surface area (Å²) in [4.78, 5) is 30.3. The Morgan fingerprint density at radius 1 is 1.19 bits per heavy atom. The minimum atomic E-state index is -2.64. The Bertz CT molecular complexity index is 1120. The quantitative estimate of drug-likeness (QED) is 0.712. The Labute approximate surface area is 183 Å². The van der Waals surface area contributed by atoms with Crippen LogP contribution in [0.2, 0.25) is 0 Å². The summed E-state index contributed by atoms with van der Waals surface area (Å²) in [5.41, 5.74) is 0.674. The lowest BCUT2D eigenvalue weighted by molar-refractivity contribution is -0.139. The van der Waals surface area contributed by atoms with Gasteiger partial charge in [0.15, 0.2) is 0 Å². The van der Waals surface area contributed by atoms with E-state index >= 15 is 0 Å². The van der Waals surface area contributed by atoms with E-state index in [2.05, 4.69) is 15.1 Å². The van der Waals surface area contributed by atoms with E-state index in [9.17, 15) is 18.4 Å². The van der Waals surface area contributed by atoms with Gasteiger partial charge in [-0.3, -0.25) is 19.1 Å². The molecule has 10 heteroatoms. The number of alkyl halides is 2. The summed E-state index contributed by atoms with van der Waals surface area (Å²) in [5, 5.41) is 8.26. The van der Waals surface area contributed by atoms with Crippen LogP contribution in [0.1, 0.15) is 36.8 Å². The first kappa shape index (κ1) is 20.0. The molecule has 8 nitrogen and oxygen atoms in total. The fourth-order valence-corrected chi connectivity index (χ4v) is 6.22. The highest BCUT2D eigenvalue weighted by Gasteiger charge is 2.72. The maximum atomic E-state index is 13.7. The summed E-state index contributed by atoms with van der Waals surface area (Å²) < 4.78 is 31.1. The molecule has 32 heavy (non-hydrogen) atoms. The number of aromatic nitrogens is 4.